The Kier molecular flexibility index (Phi) is 5.57. The van der Waals surface area contributed by atoms with Crippen LogP contribution in [0, 0.1) is 23.0 Å². The molecule has 1 saturated heterocycles. The molecule has 1 heterocycles. The third kappa shape index (κ3) is 4.01. The number of rotatable bonds is 5. The zero-order valence-electron chi connectivity index (χ0n) is 16.7. The van der Waals surface area contributed by atoms with Crippen LogP contribution in [0.1, 0.15) is 51.3 Å². The molecule has 2 aromatic carbocycles. The molecular weight excluding hydrogens is 346 g/mol. The maximum atomic E-state index is 14.9. The Labute approximate surface area is 160 Å². The first kappa shape index (κ1) is 19.8. The van der Waals surface area contributed by atoms with Crippen molar-refractivity contribution in [2.75, 3.05) is 13.7 Å². The van der Waals surface area contributed by atoms with Gasteiger partial charge in [0, 0.05) is 12.2 Å². The lowest BCUT2D eigenvalue weighted by Crippen LogP contribution is -2.18. The average Bonchev–Trinajstić information content (AvgIpc) is 2.95. The molecule has 0 N–H and O–H groups in total. The fraction of sp³-hybridized carbons (Fsp3) is 0.478. The predicted molar refractivity (Wildman–Crippen MR) is 104 cm³/mol. The van der Waals surface area contributed by atoms with E-state index in [2.05, 4.69) is 27.7 Å². The molecule has 3 rings (SSSR count). The predicted octanol–water partition coefficient (Wildman–Crippen LogP) is 6.33. The Morgan fingerprint density at radius 1 is 1.11 bits per heavy atom. The van der Waals surface area contributed by atoms with Crippen molar-refractivity contribution >= 4 is 0 Å². The summed E-state index contributed by atoms with van der Waals surface area (Å²) in [6.07, 6.45) is 1.34. The summed E-state index contributed by atoms with van der Waals surface area (Å²) >= 11 is 0. The average molecular weight is 374 g/mol. The van der Waals surface area contributed by atoms with E-state index in [1.54, 1.807) is 12.1 Å². The molecule has 0 aliphatic carbocycles. The van der Waals surface area contributed by atoms with Gasteiger partial charge in [-0.3, -0.25) is 0 Å². The molecule has 1 atom stereocenters. The molecule has 4 heteroatoms. The van der Waals surface area contributed by atoms with Gasteiger partial charge in [-0.25, -0.2) is 8.78 Å². The number of hydrogen-bond donors (Lipinski definition) is 0. The number of benzene rings is 2. The summed E-state index contributed by atoms with van der Waals surface area (Å²) in [5, 5.41) is 0. The monoisotopic (exact) mass is 374 g/mol. The molecule has 146 valence electrons. The van der Waals surface area contributed by atoms with Crippen LogP contribution in [-0.2, 0) is 11.2 Å². The van der Waals surface area contributed by atoms with Gasteiger partial charge >= 0.3 is 0 Å². The zero-order valence-corrected chi connectivity index (χ0v) is 16.7. The molecule has 2 nitrogen and oxygen atoms in total. The molecule has 0 radical (unpaired) electrons. The van der Waals surface area contributed by atoms with Crippen molar-refractivity contribution in [3.05, 3.63) is 53.1 Å². The normalized spacial score (nSPS) is 18.9. The second kappa shape index (κ2) is 7.59. The molecule has 27 heavy (non-hydrogen) atoms. The van der Waals surface area contributed by atoms with Gasteiger partial charge in [-0.05, 0) is 71.2 Å². The molecule has 0 bridgehead atoms. The maximum Gasteiger partial charge on any atom is 0.131 e. The Balaban J connectivity index is 2.22. The summed E-state index contributed by atoms with van der Waals surface area (Å²) in [5.74, 6) is 0.157. The van der Waals surface area contributed by atoms with Crippen LogP contribution in [0.3, 0.4) is 0 Å². The van der Waals surface area contributed by atoms with Gasteiger partial charge in [-0.1, -0.05) is 27.7 Å². The van der Waals surface area contributed by atoms with E-state index in [4.69, 9.17) is 9.47 Å². The highest BCUT2D eigenvalue weighted by Gasteiger charge is 2.38. The maximum absolute atomic E-state index is 14.9. The summed E-state index contributed by atoms with van der Waals surface area (Å²) in [7, 11) is 1.54. The summed E-state index contributed by atoms with van der Waals surface area (Å²) in [4.78, 5) is 0. The third-order valence-corrected chi connectivity index (χ3v) is 5.33. The third-order valence-electron chi connectivity index (χ3n) is 5.33. The second-order valence-electron chi connectivity index (χ2n) is 8.46. The lowest BCUT2D eigenvalue weighted by molar-refractivity contribution is 0.0639. The van der Waals surface area contributed by atoms with Crippen LogP contribution >= 0.6 is 0 Å². The van der Waals surface area contributed by atoms with Gasteiger partial charge in [0.05, 0.1) is 13.2 Å². The molecule has 1 fully saturated rings. The van der Waals surface area contributed by atoms with E-state index < -0.39 is 5.82 Å². The minimum Gasteiger partial charge on any atom is -0.497 e. The van der Waals surface area contributed by atoms with Crippen molar-refractivity contribution < 1.29 is 18.3 Å². The van der Waals surface area contributed by atoms with Crippen molar-refractivity contribution in [2.24, 2.45) is 11.3 Å². The van der Waals surface area contributed by atoms with Crippen molar-refractivity contribution in [3.63, 3.8) is 0 Å². The van der Waals surface area contributed by atoms with Gasteiger partial charge in [-0.15, -0.1) is 0 Å². The van der Waals surface area contributed by atoms with E-state index in [-0.39, 0.29) is 17.3 Å². The van der Waals surface area contributed by atoms with Gasteiger partial charge in [0.1, 0.15) is 17.4 Å². The van der Waals surface area contributed by atoms with Crippen LogP contribution in [0.4, 0.5) is 8.78 Å². The Bertz CT molecular complexity index is 827. The zero-order chi connectivity index (χ0) is 19.8. The molecule has 0 spiro atoms. The highest BCUT2D eigenvalue weighted by molar-refractivity contribution is 5.71. The fourth-order valence-corrected chi connectivity index (χ4v) is 3.83. The van der Waals surface area contributed by atoms with Crippen molar-refractivity contribution in [1.29, 1.82) is 0 Å². The van der Waals surface area contributed by atoms with Crippen LogP contribution < -0.4 is 4.74 Å². The SMILES string of the molecule is COc1ccc(F)c(-c2cc(F)c(CC(C)C)cc2[C@H]2OCCC2(C)C)c1. The first-order valence-electron chi connectivity index (χ1n) is 9.50. The molecule has 2 aromatic rings. The standard InChI is InChI=1S/C23H28F2O2/c1-14(2)10-15-11-19(22-23(3,4)8-9-27-22)17(13-21(15)25)18-12-16(26-5)6-7-20(18)24/h6-7,11-14,22H,8-10H2,1-5H3/t22-/m1/s1. The van der Waals surface area contributed by atoms with Gasteiger partial charge in [0.25, 0.3) is 0 Å². The number of ether oxygens (including phenoxy) is 2. The lowest BCUT2D eigenvalue weighted by atomic mass is 9.79. The molecule has 0 amide bonds. The fourth-order valence-electron chi connectivity index (χ4n) is 3.83. The lowest BCUT2D eigenvalue weighted by Gasteiger charge is -2.28. The van der Waals surface area contributed by atoms with E-state index in [0.717, 1.165) is 12.0 Å². The Morgan fingerprint density at radius 3 is 2.44 bits per heavy atom. The molecule has 0 unspecified atom stereocenters. The van der Waals surface area contributed by atoms with E-state index in [9.17, 15) is 8.78 Å². The quantitative estimate of drug-likeness (QED) is 0.609. The largest absolute Gasteiger partial charge is 0.497 e. The van der Waals surface area contributed by atoms with Gasteiger partial charge in [0.15, 0.2) is 0 Å². The second-order valence-corrected chi connectivity index (χ2v) is 8.46. The first-order chi connectivity index (χ1) is 12.7. The highest BCUT2D eigenvalue weighted by atomic mass is 19.1. The van der Waals surface area contributed by atoms with Crippen LogP contribution in [0.5, 0.6) is 5.75 Å². The number of halogens is 2. The van der Waals surface area contributed by atoms with E-state index in [0.29, 0.717) is 41.4 Å². The van der Waals surface area contributed by atoms with E-state index in [1.807, 2.05) is 6.07 Å². The van der Waals surface area contributed by atoms with Crippen LogP contribution in [0.15, 0.2) is 30.3 Å². The molecule has 0 aromatic heterocycles. The van der Waals surface area contributed by atoms with E-state index >= 15 is 0 Å². The molecule has 0 saturated carbocycles. The molecule has 1 aliphatic rings. The van der Waals surface area contributed by atoms with E-state index in [1.165, 1.54) is 19.2 Å². The smallest absolute Gasteiger partial charge is 0.131 e. The first-order valence-corrected chi connectivity index (χ1v) is 9.50. The number of hydrogen-bond acceptors (Lipinski definition) is 2. The van der Waals surface area contributed by atoms with Gasteiger partial charge < -0.3 is 9.47 Å². The summed E-state index contributed by atoms with van der Waals surface area (Å²) < 4.78 is 40.8. The molecule has 1 aliphatic heterocycles. The molecular formula is C23H28F2O2. The van der Waals surface area contributed by atoms with Crippen molar-refractivity contribution in [3.8, 4) is 16.9 Å². The summed E-state index contributed by atoms with van der Waals surface area (Å²) in [6, 6.07) is 7.89. The van der Waals surface area contributed by atoms with Crippen molar-refractivity contribution in [2.45, 2.75) is 46.6 Å². The van der Waals surface area contributed by atoms with Crippen LogP contribution in [0.25, 0.3) is 11.1 Å². The Morgan fingerprint density at radius 2 is 1.85 bits per heavy atom. The summed E-state index contributed by atoms with van der Waals surface area (Å²) in [6.45, 7) is 9.05. The minimum atomic E-state index is -0.399. The van der Waals surface area contributed by atoms with Gasteiger partial charge in [0.2, 0.25) is 0 Å². The number of methoxy groups -OCH3 is 1. The van der Waals surface area contributed by atoms with Gasteiger partial charge in [-0.2, -0.15) is 0 Å². The van der Waals surface area contributed by atoms with Crippen LogP contribution in [-0.4, -0.2) is 13.7 Å². The van der Waals surface area contributed by atoms with Crippen LogP contribution in [0.2, 0.25) is 0 Å². The summed E-state index contributed by atoms with van der Waals surface area (Å²) in [5.41, 5.74) is 2.28. The highest BCUT2D eigenvalue weighted by Crippen LogP contribution is 2.48. The topological polar surface area (TPSA) is 18.5 Å². The van der Waals surface area contributed by atoms with Crippen molar-refractivity contribution in [1.82, 2.24) is 0 Å². The Hall–Kier alpha value is -1.94. The minimum absolute atomic E-state index is 0.100.